The molecule has 1 aliphatic heterocycles. The van der Waals surface area contributed by atoms with Gasteiger partial charge in [0.15, 0.2) is 0 Å². The molecule has 1 saturated heterocycles. The van der Waals surface area contributed by atoms with Crippen molar-refractivity contribution in [2.24, 2.45) is 0 Å². The molecule has 0 radical (unpaired) electrons. The smallest absolute Gasteiger partial charge is 0.326 e. The summed E-state index contributed by atoms with van der Waals surface area (Å²) in [6.07, 6.45) is 0.0837. The summed E-state index contributed by atoms with van der Waals surface area (Å²) in [5, 5.41) is 11.3. The number of hydrogen-bond acceptors (Lipinski definition) is 2. The normalized spacial score (nSPS) is 24.2. The van der Waals surface area contributed by atoms with E-state index in [0.29, 0.717) is 5.56 Å². The number of aliphatic carboxylic acids is 1. The first-order chi connectivity index (χ1) is 7.58. The number of carboxylic acid groups (broad SMARTS) is 1. The second-order valence-electron chi connectivity index (χ2n) is 3.75. The Morgan fingerprint density at radius 3 is 2.88 bits per heavy atom. The number of benzene rings is 1. The van der Waals surface area contributed by atoms with Crippen molar-refractivity contribution in [3.05, 3.63) is 35.6 Å². The molecule has 2 rings (SSSR count). The molecule has 0 spiro atoms. The molecular formula is C11H10FNO3. The van der Waals surface area contributed by atoms with Gasteiger partial charge in [0, 0.05) is 12.3 Å². The average Bonchev–Trinajstić information content (AvgIpc) is 2.60. The Labute approximate surface area is 91.1 Å². The maximum Gasteiger partial charge on any atom is 0.326 e. The molecule has 1 aromatic rings. The number of amides is 1. The zero-order valence-corrected chi connectivity index (χ0v) is 8.31. The molecule has 2 atom stereocenters. The third-order valence-electron chi connectivity index (χ3n) is 2.67. The van der Waals surface area contributed by atoms with Gasteiger partial charge in [-0.25, -0.2) is 9.18 Å². The number of carboxylic acids is 1. The standard InChI is InChI=1S/C11H10FNO3/c12-7-3-1-2-6(4-7)8-5-9(14)13-10(8)11(15)16/h1-4,8,10H,5H2,(H,13,14)(H,15,16)/t8-,10+/m0/s1. The SMILES string of the molecule is O=C1C[C@@H](c2cccc(F)c2)[C@H](C(=O)O)N1. The van der Waals surface area contributed by atoms with Gasteiger partial charge in [-0.3, -0.25) is 4.79 Å². The second kappa shape index (κ2) is 3.92. The van der Waals surface area contributed by atoms with Crippen molar-refractivity contribution in [1.82, 2.24) is 5.32 Å². The molecule has 0 bridgehead atoms. The highest BCUT2D eigenvalue weighted by Crippen LogP contribution is 2.28. The molecule has 1 aromatic carbocycles. The minimum atomic E-state index is -1.10. The molecule has 2 N–H and O–H groups in total. The van der Waals surface area contributed by atoms with Gasteiger partial charge in [0.1, 0.15) is 11.9 Å². The van der Waals surface area contributed by atoms with Crippen molar-refractivity contribution in [3.63, 3.8) is 0 Å². The van der Waals surface area contributed by atoms with E-state index < -0.39 is 23.7 Å². The van der Waals surface area contributed by atoms with Gasteiger partial charge in [-0.2, -0.15) is 0 Å². The van der Waals surface area contributed by atoms with E-state index in [2.05, 4.69) is 5.32 Å². The minimum absolute atomic E-state index is 0.0837. The number of hydrogen-bond donors (Lipinski definition) is 2. The lowest BCUT2D eigenvalue weighted by atomic mass is 9.92. The van der Waals surface area contributed by atoms with Crippen LogP contribution in [0, 0.1) is 5.82 Å². The maximum absolute atomic E-state index is 13.0. The first kappa shape index (κ1) is 10.6. The lowest BCUT2D eigenvalue weighted by Crippen LogP contribution is -2.36. The fraction of sp³-hybridized carbons (Fsp3) is 0.273. The maximum atomic E-state index is 13.0. The summed E-state index contributed by atoms with van der Waals surface area (Å²) < 4.78 is 13.0. The van der Waals surface area contributed by atoms with Gasteiger partial charge in [-0.1, -0.05) is 12.1 Å². The lowest BCUT2D eigenvalue weighted by Gasteiger charge is -2.14. The van der Waals surface area contributed by atoms with Crippen molar-refractivity contribution in [2.75, 3.05) is 0 Å². The number of nitrogens with one attached hydrogen (secondary N) is 1. The van der Waals surface area contributed by atoms with Crippen molar-refractivity contribution in [3.8, 4) is 0 Å². The number of rotatable bonds is 2. The van der Waals surface area contributed by atoms with Crippen LogP contribution in [0.4, 0.5) is 4.39 Å². The summed E-state index contributed by atoms with van der Waals surface area (Å²) in [5.41, 5.74) is 0.533. The van der Waals surface area contributed by atoms with E-state index in [1.54, 1.807) is 6.07 Å². The van der Waals surface area contributed by atoms with Gasteiger partial charge in [0.2, 0.25) is 5.91 Å². The fourth-order valence-corrected chi connectivity index (χ4v) is 1.93. The topological polar surface area (TPSA) is 66.4 Å². The van der Waals surface area contributed by atoms with Crippen molar-refractivity contribution in [1.29, 1.82) is 0 Å². The van der Waals surface area contributed by atoms with Gasteiger partial charge in [-0.05, 0) is 17.7 Å². The fourth-order valence-electron chi connectivity index (χ4n) is 1.93. The zero-order chi connectivity index (χ0) is 11.7. The molecule has 0 unspecified atom stereocenters. The summed E-state index contributed by atoms with van der Waals surface area (Å²) in [5.74, 6) is -2.34. The van der Waals surface area contributed by atoms with Crippen LogP contribution >= 0.6 is 0 Å². The molecule has 0 saturated carbocycles. The zero-order valence-electron chi connectivity index (χ0n) is 8.31. The number of carbonyl (C=O) groups is 2. The molecule has 0 aromatic heterocycles. The van der Waals surface area contributed by atoms with Crippen molar-refractivity contribution >= 4 is 11.9 Å². The highest BCUT2D eigenvalue weighted by Gasteiger charge is 2.38. The van der Waals surface area contributed by atoms with Gasteiger partial charge in [0.25, 0.3) is 0 Å². The van der Waals surface area contributed by atoms with Crippen LogP contribution in [-0.2, 0) is 9.59 Å². The first-order valence-corrected chi connectivity index (χ1v) is 4.85. The second-order valence-corrected chi connectivity index (χ2v) is 3.75. The summed E-state index contributed by atoms with van der Waals surface area (Å²) in [7, 11) is 0. The predicted octanol–water partition coefficient (Wildman–Crippen LogP) is 0.882. The van der Waals surface area contributed by atoms with E-state index in [1.807, 2.05) is 0 Å². The molecule has 1 heterocycles. The van der Waals surface area contributed by atoms with Gasteiger partial charge < -0.3 is 10.4 Å². The third kappa shape index (κ3) is 1.88. The molecule has 5 heteroatoms. The van der Waals surface area contributed by atoms with Crippen LogP contribution in [0.3, 0.4) is 0 Å². The van der Waals surface area contributed by atoms with Gasteiger partial charge in [0.05, 0.1) is 0 Å². The van der Waals surface area contributed by atoms with Gasteiger partial charge >= 0.3 is 5.97 Å². The van der Waals surface area contributed by atoms with E-state index in [4.69, 9.17) is 5.11 Å². The third-order valence-corrected chi connectivity index (χ3v) is 2.67. The molecule has 1 fully saturated rings. The van der Waals surface area contributed by atoms with Crippen molar-refractivity contribution < 1.29 is 19.1 Å². The van der Waals surface area contributed by atoms with Crippen LogP contribution in [0.25, 0.3) is 0 Å². The molecule has 84 valence electrons. The average molecular weight is 223 g/mol. The summed E-state index contributed by atoms with van der Waals surface area (Å²) in [4.78, 5) is 22.1. The van der Waals surface area contributed by atoms with Crippen LogP contribution in [0.15, 0.2) is 24.3 Å². The predicted molar refractivity (Wildman–Crippen MR) is 53.3 cm³/mol. The van der Waals surface area contributed by atoms with E-state index in [0.717, 1.165) is 0 Å². The Morgan fingerprint density at radius 2 is 2.25 bits per heavy atom. The first-order valence-electron chi connectivity index (χ1n) is 4.85. The molecule has 4 nitrogen and oxygen atoms in total. The molecule has 1 amide bonds. The molecule has 16 heavy (non-hydrogen) atoms. The number of halogens is 1. The molecule has 0 aliphatic carbocycles. The Morgan fingerprint density at radius 1 is 1.50 bits per heavy atom. The van der Waals surface area contributed by atoms with Gasteiger partial charge in [-0.15, -0.1) is 0 Å². The summed E-state index contributed by atoms with van der Waals surface area (Å²) in [6, 6.07) is 4.72. The van der Waals surface area contributed by atoms with E-state index in [1.165, 1.54) is 18.2 Å². The van der Waals surface area contributed by atoms with E-state index in [9.17, 15) is 14.0 Å². The van der Waals surface area contributed by atoms with Crippen LogP contribution in [0.5, 0.6) is 0 Å². The number of carbonyl (C=O) groups excluding carboxylic acids is 1. The summed E-state index contributed by atoms with van der Waals surface area (Å²) in [6.45, 7) is 0. The van der Waals surface area contributed by atoms with Crippen LogP contribution in [0.2, 0.25) is 0 Å². The molecule has 1 aliphatic rings. The Balaban J connectivity index is 2.32. The van der Waals surface area contributed by atoms with E-state index in [-0.39, 0.29) is 12.3 Å². The Kier molecular flexibility index (Phi) is 2.60. The lowest BCUT2D eigenvalue weighted by molar-refractivity contribution is -0.140. The quantitative estimate of drug-likeness (QED) is 0.782. The molecular weight excluding hydrogens is 213 g/mol. The Hall–Kier alpha value is -1.91. The minimum Gasteiger partial charge on any atom is -0.480 e. The van der Waals surface area contributed by atoms with Crippen LogP contribution in [-0.4, -0.2) is 23.0 Å². The highest BCUT2D eigenvalue weighted by atomic mass is 19.1. The Bertz CT molecular complexity index is 447. The summed E-state index contributed by atoms with van der Waals surface area (Å²) >= 11 is 0. The monoisotopic (exact) mass is 223 g/mol. The largest absolute Gasteiger partial charge is 0.480 e. The van der Waals surface area contributed by atoms with Crippen molar-refractivity contribution in [2.45, 2.75) is 18.4 Å². The van der Waals surface area contributed by atoms with Crippen LogP contribution in [0.1, 0.15) is 17.9 Å². The van der Waals surface area contributed by atoms with E-state index >= 15 is 0 Å². The highest BCUT2D eigenvalue weighted by molar-refractivity contribution is 5.89. The van der Waals surface area contributed by atoms with Crippen LogP contribution < -0.4 is 5.32 Å².